The van der Waals surface area contributed by atoms with Crippen molar-refractivity contribution in [3.8, 4) is 17.0 Å². The highest BCUT2D eigenvalue weighted by molar-refractivity contribution is 5.69. The molecule has 1 fully saturated rings. The summed E-state index contributed by atoms with van der Waals surface area (Å²) in [4.78, 5) is 19.6. The van der Waals surface area contributed by atoms with E-state index in [2.05, 4.69) is 41.0 Å². The third-order valence-corrected chi connectivity index (χ3v) is 5.29. The summed E-state index contributed by atoms with van der Waals surface area (Å²) in [6.45, 7) is 5.73. The van der Waals surface area contributed by atoms with Crippen molar-refractivity contribution in [3.63, 3.8) is 0 Å². The maximum absolute atomic E-state index is 12.0. The molecule has 1 aliphatic heterocycles. The van der Waals surface area contributed by atoms with Crippen LogP contribution in [0.15, 0.2) is 29.1 Å². The lowest BCUT2D eigenvalue weighted by molar-refractivity contribution is 0.315. The van der Waals surface area contributed by atoms with Crippen molar-refractivity contribution in [2.75, 3.05) is 32.1 Å². The van der Waals surface area contributed by atoms with Crippen molar-refractivity contribution < 1.29 is 5.11 Å². The molecular weight excluding hydrogens is 314 g/mol. The Labute approximate surface area is 148 Å². The summed E-state index contributed by atoms with van der Waals surface area (Å²) in [6.07, 6.45) is 1.84. The fraction of sp³-hybridized carbons (Fsp3) is 0.450. The third kappa shape index (κ3) is 3.29. The van der Waals surface area contributed by atoms with E-state index < -0.39 is 0 Å². The number of aromatic amines is 1. The predicted octanol–water partition coefficient (Wildman–Crippen LogP) is 2.76. The lowest BCUT2D eigenvalue weighted by Crippen LogP contribution is -2.31. The van der Waals surface area contributed by atoms with E-state index in [1.54, 1.807) is 6.92 Å². The first kappa shape index (κ1) is 17.5. The van der Waals surface area contributed by atoms with Gasteiger partial charge in [-0.2, -0.15) is 0 Å². The molecule has 1 unspecified atom stereocenters. The van der Waals surface area contributed by atoms with E-state index in [1.165, 1.54) is 12.1 Å². The molecule has 2 heterocycles. The van der Waals surface area contributed by atoms with Crippen LogP contribution in [0.2, 0.25) is 0 Å². The van der Waals surface area contributed by atoms with Crippen LogP contribution in [0.25, 0.3) is 11.3 Å². The van der Waals surface area contributed by atoms with Crippen molar-refractivity contribution in [2.45, 2.75) is 32.7 Å². The molecule has 2 aromatic rings. The summed E-state index contributed by atoms with van der Waals surface area (Å²) >= 11 is 0. The third-order valence-electron chi connectivity index (χ3n) is 5.29. The highest BCUT2D eigenvalue weighted by atomic mass is 16.3. The first-order valence-corrected chi connectivity index (χ1v) is 8.88. The van der Waals surface area contributed by atoms with Crippen LogP contribution in [0.5, 0.6) is 5.75 Å². The van der Waals surface area contributed by atoms with E-state index in [0.717, 1.165) is 29.9 Å². The highest BCUT2D eigenvalue weighted by Gasteiger charge is 2.24. The van der Waals surface area contributed by atoms with E-state index in [9.17, 15) is 9.90 Å². The van der Waals surface area contributed by atoms with Gasteiger partial charge in [-0.05, 0) is 51.6 Å². The van der Waals surface area contributed by atoms with E-state index in [1.807, 2.05) is 19.1 Å². The number of nitrogens with one attached hydrogen (secondary N) is 1. The minimum Gasteiger partial charge on any atom is -0.507 e. The van der Waals surface area contributed by atoms with Crippen LogP contribution in [0, 0.1) is 6.92 Å². The zero-order valence-electron chi connectivity index (χ0n) is 15.5. The monoisotopic (exact) mass is 341 g/mol. The average molecular weight is 341 g/mol. The Bertz CT molecular complexity index is 809. The van der Waals surface area contributed by atoms with E-state index in [0.29, 0.717) is 18.0 Å². The Hall–Kier alpha value is -2.27. The van der Waals surface area contributed by atoms with Gasteiger partial charge in [0.15, 0.2) is 0 Å². The number of aromatic hydroxyl groups is 1. The number of H-pyrrole nitrogens is 1. The van der Waals surface area contributed by atoms with Crippen LogP contribution in [0.3, 0.4) is 0 Å². The minimum absolute atomic E-state index is 0.110. The van der Waals surface area contributed by atoms with Gasteiger partial charge in [-0.1, -0.05) is 19.1 Å². The zero-order chi connectivity index (χ0) is 18.1. The molecule has 0 saturated carbocycles. The molecule has 1 saturated heterocycles. The summed E-state index contributed by atoms with van der Waals surface area (Å²) in [6, 6.07) is 8.84. The number of pyridine rings is 1. The molecule has 0 amide bonds. The van der Waals surface area contributed by atoms with E-state index in [4.69, 9.17) is 0 Å². The molecule has 3 rings (SSSR count). The van der Waals surface area contributed by atoms with Crippen LogP contribution in [-0.2, 0) is 6.42 Å². The largest absolute Gasteiger partial charge is 0.507 e. The molecule has 0 bridgehead atoms. The van der Waals surface area contributed by atoms with Gasteiger partial charge in [0.05, 0.1) is 11.3 Å². The Morgan fingerprint density at radius 1 is 1.28 bits per heavy atom. The number of nitrogens with zero attached hydrogens (tertiary/aromatic N) is 2. The van der Waals surface area contributed by atoms with Gasteiger partial charge in [-0.15, -0.1) is 0 Å². The molecule has 1 aromatic heterocycles. The minimum atomic E-state index is -0.234. The molecule has 0 aliphatic carbocycles. The number of rotatable bonds is 4. The summed E-state index contributed by atoms with van der Waals surface area (Å²) in [7, 11) is 4.26. The van der Waals surface area contributed by atoms with E-state index in [-0.39, 0.29) is 11.3 Å². The Kier molecular flexibility index (Phi) is 4.86. The topological polar surface area (TPSA) is 59.6 Å². The molecule has 0 radical (unpaired) electrons. The molecule has 134 valence electrons. The summed E-state index contributed by atoms with van der Waals surface area (Å²) in [5, 5.41) is 10.3. The van der Waals surface area contributed by atoms with Gasteiger partial charge >= 0.3 is 0 Å². The van der Waals surface area contributed by atoms with Crippen molar-refractivity contribution in [1.82, 2.24) is 9.88 Å². The second-order valence-corrected chi connectivity index (χ2v) is 7.03. The Morgan fingerprint density at radius 3 is 2.52 bits per heavy atom. The van der Waals surface area contributed by atoms with E-state index >= 15 is 0 Å². The van der Waals surface area contributed by atoms with Gasteiger partial charge in [0, 0.05) is 30.4 Å². The lowest BCUT2D eigenvalue weighted by atomic mass is 10.0. The standard InChI is InChI=1S/C20H27N3O2/c1-5-17-18(21-20(25)13(2)19(17)24)14-6-8-15(9-7-14)23-11-10-16(12-23)22(3)4/h6-9,16H,5,10-12H2,1-4H3,(H2,21,24,25). The Morgan fingerprint density at radius 2 is 1.96 bits per heavy atom. The smallest absolute Gasteiger partial charge is 0.255 e. The number of anilines is 1. The molecular formula is C20H27N3O2. The maximum atomic E-state index is 12.0. The number of hydrogen-bond acceptors (Lipinski definition) is 4. The summed E-state index contributed by atoms with van der Waals surface area (Å²) < 4.78 is 0. The SMILES string of the molecule is CCc1c(-c2ccc(N3CCC(N(C)C)C3)cc2)[nH]c(=O)c(C)c1O. The second kappa shape index (κ2) is 6.92. The van der Waals surface area contributed by atoms with Crippen molar-refractivity contribution in [3.05, 3.63) is 45.7 Å². The van der Waals surface area contributed by atoms with Crippen LogP contribution in [-0.4, -0.2) is 48.2 Å². The molecule has 2 N–H and O–H groups in total. The summed E-state index contributed by atoms with van der Waals surface area (Å²) in [5.74, 6) is 0.110. The van der Waals surface area contributed by atoms with Crippen molar-refractivity contribution in [1.29, 1.82) is 0 Å². The number of aromatic nitrogens is 1. The highest BCUT2D eigenvalue weighted by Crippen LogP contribution is 2.31. The molecule has 1 aromatic carbocycles. The lowest BCUT2D eigenvalue weighted by Gasteiger charge is -2.22. The van der Waals surface area contributed by atoms with Gasteiger partial charge in [0.25, 0.3) is 5.56 Å². The van der Waals surface area contributed by atoms with Crippen LogP contribution >= 0.6 is 0 Å². The molecule has 1 atom stereocenters. The van der Waals surface area contributed by atoms with Gasteiger partial charge in [0.1, 0.15) is 5.75 Å². The van der Waals surface area contributed by atoms with Crippen LogP contribution in [0.4, 0.5) is 5.69 Å². The second-order valence-electron chi connectivity index (χ2n) is 7.03. The molecule has 0 spiro atoms. The quantitative estimate of drug-likeness (QED) is 0.898. The normalized spacial score (nSPS) is 17.5. The van der Waals surface area contributed by atoms with Gasteiger partial charge < -0.3 is 19.9 Å². The molecule has 5 heteroatoms. The van der Waals surface area contributed by atoms with Crippen molar-refractivity contribution in [2.24, 2.45) is 0 Å². The first-order chi connectivity index (χ1) is 11.9. The molecule has 5 nitrogen and oxygen atoms in total. The Balaban J connectivity index is 1.90. The zero-order valence-corrected chi connectivity index (χ0v) is 15.5. The number of likely N-dealkylation sites (N-methyl/N-ethyl adjacent to an activating group) is 1. The molecule has 1 aliphatic rings. The van der Waals surface area contributed by atoms with Crippen LogP contribution < -0.4 is 10.5 Å². The maximum Gasteiger partial charge on any atom is 0.255 e. The number of benzene rings is 1. The first-order valence-electron chi connectivity index (χ1n) is 8.88. The fourth-order valence-electron chi connectivity index (χ4n) is 3.56. The van der Waals surface area contributed by atoms with Crippen molar-refractivity contribution >= 4 is 5.69 Å². The van der Waals surface area contributed by atoms with Crippen LogP contribution in [0.1, 0.15) is 24.5 Å². The number of hydrogen-bond donors (Lipinski definition) is 2. The van der Waals surface area contributed by atoms with Gasteiger partial charge in [0.2, 0.25) is 0 Å². The molecule has 25 heavy (non-hydrogen) atoms. The predicted molar refractivity (Wildman–Crippen MR) is 103 cm³/mol. The van der Waals surface area contributed by atoms with Gasteiger partial charge in [-0.25, -0.2) is 0 Å². The summed E-state index contributed by atoms with van der Waals surface area (Å²) in [5.41, 5.74) is 3.78. The van der Waals surface area contributed by atoms with Gasteiger partial charge in [-0.3, -0.25) is 4.79 Å². The fourth-order valence-corrected chi connectivity index (χ4v) is 3.56. The average Bonchev–Trinajstić information content (AvgIpc) is 3.10.